The SMILES string of the molecule is Cc1ccc(CNC(=O)COC(=O)c2ccc(Cl)c(S(=O)(=O)N3CCC[C@@H](C)C3)c2)cc1. The van der Waals surface area contributed by atoms with Crippen LogP contribution in [0.15, 0.2) is 47.4 Å². The number of carbonyl (C=O) groups is 2. The van der Waals surface area contributed by atoms with Gasteiger partial charge in [-0.25, -0.2) is 13.2 Å². The molecule has 1 heterocycles. The van der Waals surface area contributed by atoms with Crippen LogP contribution < -0.4 is 5.32 Å². The van der Waals surface area contributed by atoms with E-state index in [0.717, 1.165) is 24.0 Å². The molecule has 1 saturated heterocycles. The van der Waals surface area contributed by atoms with E-state index in [1.165, 1.54) is 22.5 Å². The molecule has 0 bridgehead atoms. The molecular formula is C23H27ClN2O5S. The number of hydrogen-bond donors (Lipinski definition) is 1. The minimum absolute atomic E-state index is 0.0179. The van der Waals surface area contributed by atoms with Gasteiger partial charge in [0, 0.05) is 19.6 Å². The van der Waals surface area contributed by atoms with Gasteiger partial charge in [-0.1, -0.05) is 48.4 Å². The van der Waals surface area contributed by atoms with Gasteiger partial charge in [-0.05, 0) is 49.4 Å². The van der Waals surface area contributed by atoms with Gasteiger partial charge in [-0.2, -0.15) is 4.31 Å². The van der Waals surface area contributed by atoms with Crippen molar-refractivity contribution in [2.24, 2.45) is 5.92 Å². The molecule has 1 aliphatic heterocycles. The Hall–Kier alpha value is -2.42. The summed E-state index contributed by atoms with van der Waals surface area (Å²) in [5.41, 5.74) is 2.06. The molecule has 3 rings (SSSR count). The third-order valence-electron chi connectivity index (χ3n) is 5.35. The van der Waals surface area contributed by atoms with Crippen LogP contribution in [0.4, 0.5) is 0 Å². The molecule has 1 N–H and O–H groups in total. The second-order valence-electron chi connectivity index (χ2n) is 8.09. The van der Waals surface area contributed by atoms with Crippen molar-refractivity contribution in [3.63, 3.8) is 0 Å². The van der Waals surface area contributed by atoms with Crippen LogP contribution in [0.2, 0.25) is 5.02 Å². The summed E-state index contributed by atoms with van der Waals surface area (Å²) in [6.07, 6.45) is 1.75. The molecule has 0 aromatic heterocycles. The average Bonchev–Trinajstić information content (AvgIpc) is 2.77. The number of aryl methyl sites for hydroxylation is 1. The number of benzene rings is 2. The highest BCUT2D eigenvalue weighted by molar-refractivity contribution is 7.89. The molecule has 0 unspecified atom stereocenters. The molecule has 7 nitrogen and oxygen atoms in total. The lowest BCUT2D eigenvalue weighted by Gasteiger charge is -2.30. The largest absolute Gasteiger partial charge is 0.452 e. The van der Waals surface area contributed by atoms with Gasteiger partial charge in [0.1, 0.15) is 4.90 Å². The summed E-state index contributed by atoms with van der Waals surface area (Å²) in [4.78, 5) is 24.3. The first-order valence-corrected chi connectivity index (χ1v) is 12.3. The fourth-order valence-corrected chi connectivity index (χ4v) is 5.60. The Bertz CT molecular complexity index is 1090. The summed E-state index contributed by atoms with van der Waals surface area (Å²) in [5.74, 6) is -0.998. The van der Waals surface area contributed by atoms with Crippen molar-refractivity contribution in [2.75, 3.05) is 19.7 Å². The molecule has 1 atom stereocenters. The Balaban J connectivity index is 1.62. The number of piperidine rings is 1. The van der Waals surface area contributed by atoms with Gasteiger partial charge in [0.25, 0.3) is 5.91 Å². The van der Waals surface area contributed by atoms with E-state index in [2.05, 4.69) is 5.32 Å². The van der Waals surface area contributed by atoms with Crippen LogP contribution in [0, 0.1) is 12.8 Å². The zero-order chi connectivity index (χ0) is 23.3. The fourth-order valence-electron chi connectivity index (χ4n) is 3.50. The second-order valence-corrected chi connectivity index (χ2v) is 10.4. The Kier molecular flexibility index (Phi) is 7.92. The van der Waals surface area contributed by atoms with Crippen molar-refractivity contribution in [3.8, 4) is 0 Å². The molecule has 9 heteroatoms. The third-order valence-corrected chi connectivity index (χ3v) is 7.70. The maximum Gasteiger partial charge on any atom is 0.338 e. The van der Waals surface area contributed by atoms with Gasteiger partial charge in [0.15, 0.2) is 6.61 Å². The highest BCUT2D eigenvalue weighted by atomic mass is 35.5. The molecule has 2 aromatic carbocycles. The number of nitrogens with one attached hydrogen (secondary N) is 1. The highest BCUT2D eigenvalue weighted by Crippen LogP contribution is 2.29. The Labute approximate surface area is 193 Å². The van der Waals surface area contributed by atoms with E-state index in [0.29, 0.717) is 19.6 Å². The lowest BCUT2D eigenvalue weighted by Crippen LogP contribution is -2.39. The van der Waals surface area contributed by atoms with Crippen LogP contribution in [-0.4, -0.2) is 44.3 Å². The Morgan fingerprint density at radius 3 is 2.59 bits per heavy atom. The summed E-state index contributed by atoms with van der Waals surface area (Å²) < 4.78 is 32.6. The molecule has 0 aliphatic carbocycles. The van der Waals surface area contributed by atoms with E-state index in [-0.39, 0.29) is 21.4 Å². The zero-order valence-electron chi connectivity index (χ0n) is 18.1. The number of sulfonamides is 1. The van der Waals surface area contributed by atoms with Gasteiger partial charge >= 0.3 is 5.97 Å². The van der Waals surface area contributed by atoms with Crippen molar-refractivity contribution >= 4 is 33.5 Å². The Morgan fingerprint density at radius 2 is 1.91 bits per heavy atom. The van der Waals surface area contributed by atoms with E-state index in [1.807, 2.05) is 38.1 Å². The predicted molar refractivity (Wildman–Crippen MR) is 122 cm³/mol. The van der Waals surface area contributed by atoms with E-state index in [4.69, 9.17) is 16.3 Å². The van der Waals surface area contributed by atoms with Crippen LogP contribution >= 0.6 is 11.6 Å². The summed E-state index contributed by atoms with van der Waals surface area (Å²) in [6, 6.07) is 11.6. The molecule has 172 valence electrons. The molecule has 32 heavy (non-hydrogen) atoms. The first kappa shape index (κ1) is 24.2. The smallest absolute Gasteiger partial charge is 0.338 e. The number of ether oxygens (including phenoxy) is 1. The predicted octanol–water partition coefficient (Wildman–Crippen LogP) is 3.54. The fraction of sp³-hybridized carbons (Fsp3) is 0.391. The minimum Gasteiger partial charge on any atom is -0.452 e. The first-order valence-electron chi connectivity index (χ1n) is 10.5. The number of nitrogens with zero attached hydrogens (tertiary/aromatic N) is 1. The van der Waals surface area contributed by atoms with Crippen molar-refractivity contribution < 1.29 is 22.7 Å². The average molecular weight is 479 g/mol. The van der Waals surface area contributed by atoms with E-state index < -0.39 is 28.5 Å². The minimum atomic E-state index is -3.84. The van der Waals surface area contributed by atoms with E-state index in [1.54, 1.807) is 0 Å². The van der Waals surface area contributed by atoms with Crippen molar-refractivity contribution in [1.82, 2.24) is 9.62 Å². The van der Waals surface area contributed by atoms with E-state index in [9.17, 15) is 18.0 Å². The van der Waals surface area contributed by atoms with Gasteiger partial charge in [-0.3, -0.25) is 4.79 Å². The normalized spacial score (nSPS) is 17.0. The van der Waals surface area contributed by atoms with E-state index >= 15 is 0 Å². The summed E-state index contributed by atoms with van der Waals surface area (Å²) >= 11 is 6.16. The van der Waals surface area contributed by atoms with Gasteiger partial charge in [0.2, 0.25) is 10.0 Å². The number of halogens is 1. The summed E-state index contributed by atoms with van der Waals surface area (Å²) in [7, 11) is -3.84. The molecule has 0 spiro atoms. The Morgan fingerprint density at radius 1 is 1.19 bits per heavy atom. The molecule has 1 amide bonds. The maximum absolute atomic E-state index is 13.1. The molecular weight excluding hydrogens is 452 g/mol. The van der Waals surface area contributed by atoms with Crippen LogP contribution in [0.3, 0.4) is 0 Å². The van der Waals surface area contributed by atoms with Crippen LogP contribution in [0.25, 0.3) is 0 Å². The van der Waals surface area contributed by atoms with Crippen LogP contribution in [0.1, 0.15) is 41.3 Å². The number of carbonyl (C=O) groups excluding carboxylic acids is 2. The molecule has 0 saturated carbocycles. The molecule has 0 radical (unpaired) electrons. The molecule has 1 aliphatic rings. The van der Waals surface area contributed by atoms with Crippen molar-refractivity contribution in [2.45, 2.75) is 38.1 Å². The quantitative estimate of drug-likeness (QED) is 0.614. The highest BCUT2D eigenvalue weighted by Gasteiger charge is 2.31. The molecule has 2 aromatic rings. The van der Waals surface area contributed by atoms with Crippen LogP contribution in [0.5, 0.6) is 0 Å². The van der Waals surface area contributed by atoms with Crippen molar-refractivity contribution in [3.05, 3.63) is 64.2 Å². The van der Waals surface area contributed by atoms with Crippen molar-refractivity contribution in [1.29, 1.82) is 0 Å². The number of amides is 1. The first-order chi connectivity index (χ1) is 15.2. The lowest BCUT2D eigenvalue weighted by molar-refractivity contribution is -0.124. The maximum atomic E-state index is 13.1. The van der Waals surface area contributed by atoms with Gasteiger partial charge < -0.3 is 10.1 Å². The third kappa shape index (κ3) is 6.09. The standard InChI is InChI=1S/C23H27ClN2O5S/c1-16-5-7-18(8-6-16)13-25-22(27)15-31-23(28)19-9-10-20(24)21(12-19)32(29,30)26-11-3-4-17(2)14-26/h5-10,12,17H,3-4,11,13-15H2,1-2H3,(H,25,27)/t17-/m1/s1. The zero-order valence-corrected chi connectivity index (χ0v) is 19.7. The van der Waals surface area contributed by atoms with Crippen LogP contribution in [-0.2, 0) is 26.1 Å². The summed E-state index contributed by atoms with van der Waals surface area (Å²) in [5, 5.41) is 2.71. The topological polar surface area (TPSA) is 92.8 Å². The van der Waals surface area contributed by atoms with Gasteiger partial charge in [0.05, 0.1) is 10.6 Å². The summed E-state index contributed by atoms with van der Waals surface area (Å²) in [6.45, 7) is 4.64. The monoisotopic (exact) mass is 478 g/mol. The lowest BCUT2D eigenvalue weighted by atomic mass is 10.0. The second kappa shape index (κ2) is 10.5. The number of rotatable bonds is 7. The number of esters is 1. The molecule has 1 fully saturated rings. The number of hydrogen-bond acceptors (Lipinski definition) is 5. The van der Waals surface area contributed by atoms with Gasteiger partial charge in [-0.15, -0.1) is 0 Å².